The first-order valence-corrected chi connectivity index (χ1v) is 8.83. The van der Waals surface area contributed by atoms with Crippen LogP contribution < -0.4 is 5.32 Å². The van der Waals surface area contributed by atoms with Gasteiger partial charge in [-0.1, -0.05) is 26.7 Å². The molecule has 3 nitrogen and oxygen atoms in total. The van der Waals surface area contributed by atoms with Crippen molar-refractivity contribution in [3.63, 3.8) is 0 Å². The van der Waals surface area contributed by atoms with E-state index in [1.807, 2.05) is 0 Å². The molecule has 1 heterocycles. The van der Waals surface area contributed by atoms with E-state index >= 15 is 0 Å². The molecule has 3 heteroatoms. The second-order valence-electron chi connectivity index (χ2n) is 6.77. The predicted octanol–water partition coefficient (Wildman–Crippen LogP) is 3.04. The van der Waals surface area contributed by atoms with Crippen molar-refractivity contribution in [2.45, 2.75) is 77.5 Å². The minimum Gasteiger partial charge on any atom is -0.376 e. The summed E-state index contributed by atoms with van der Waals surface area (Å²) < 4.78 is 5.84. The fraction of sp³-hybridized carbons (Fsp3) is 1.00. The molecular weight excluding hydrogens is 248 g/mol. The highest BCUT2D eigenvalue weighted by atomic mass is 16.5. The molecule has 0 radical (unpaired) electrons. The Balaban J connectivity index is 1.90. The van der Waals surface area contributed by atoms with E-state index in [4.69, 9.17) is 4.74 Å². The second kappa shape index (κ2) is 8.35. The fourth-order valence-electron chi connectivity index (χ4n) is 3.84. The van der Waals surface area contributed by atoms with Gasteiger partial charge in [0, 0.05) is 25.2 Å². The van der Waals surface area contributed by atoms with Crippen LogP contribution in [0.25, 0.3) is 0 Å². The third-order valence-corrected chi connectivity index (χ3v) is 5.09. The number of hydrogen-bond acceptors (Lipinski definition) is 3. The van der Waals surface area contributed by atoms with E-state index < -0.39 is 0 Å². The van der Waals surface area contributed by atoms with Crippen molar-refractivity contribution in [2.75, 3.05) is 26.2 Å². The first-order valence-electron chi connectivity index (χ1n) is 8.83. The van der Waals surface area contributed by atoms with Gasteiger partial charge in [0.2, 0.25) is 0 Å². The Labute approximate surface area is 125 Å². The number of nitrogens with one attached hydrogen (secondary N) is 1. The van der Waals surface area contributed by atoms with Gasteiger partial charge in [-0.15, -0.1) is 0 Å². The minimum atomic E-state index is 0.406. The van der Waals surface area contributed by atoms with Crippen molar-refractivity contribution in [3.8, 4) is 0 Å². The van der Waals surface area contributed by atoms with Gasteiger partial charge >= 0.3 is 0 Å². The third-order valence-electron chi connectivity index (χ3n) is 5.09. The Morgan fingerprint density at radius 2 is 2.00 bits per heavy atom. The van der Waals surface area contributed by atoms with Crippen molar-refractivity contribution < 1.29 is 4.74 Å². The average molecular weight is 282 g/mol. The number of hydrogen-bond donors (Lipinski definition) is 1. The molecule has 0 aromatic rings. The van der Waals surface area contributed by atoms with Gasteiger partial charge in [0.1, 0.15) is 0 Å². The van der Waals surface area contributed by atoms with Crippen LogP contribution in [0.2, 0.25) is 0 Å². The van der Waals surface area contributed by atoms with Crippen LogP contribution in [0.5, 0.6) is 0 Å². The molecule has 0 amide bonds. The molecule has 0 aromatic carbocycles. The van der Waals surface area contributed by atoms with Gasteiger partial charge in [0.25, 0.3) is 0 Å². The molecule has 2 fully saturated rings. The zero-order valence-corrected chi connectivity index (χ0v) is 13.7. The van der Waals surface area contributed by atoms with Gasteiger partial charge in [0.05, 0.1) is 12.7 Å². The second-order valence-corrected chi connectivity index (χ2v) is 6.77. The molecule has 0 bridgehead atoms. The fourth-order valence-corrected chi connectivity index (χ4v) is 3.84. The maximum Gasteiger partial charge on any atom is 0.0674 e. The van der Waals surface area contributed by atoms with Crippen molar-refractivity contribution in [1.29, 1.82) is 0 Å². The van der Waals surface area contributed by atoms with E-state index in [1.54, 1.807) is 0 Å². The lowest BCUT2D eigenvalue weighted by molar-refractivity contribution is -0.0636. The number of rotatable bonds is 6. The van der Waals surface area contributed by atoms with Crippen LogP contribution in [0.1, 0.15) is 59.3 Å². The van der Waals surface area contributed by atoms with Crippen LogP contribution in [0.3, 0.4) is 0 Å². The molecule has 1 aliphatic heterocycles. The summed E-state index contributed by atoms with van der Waals surface area (Å²) in [6.45, 7) is 11.3. The summed E-state index contributed by atoms with van der Waals surface area (Å²) >= 11 is 0. The smallest absolute Gasteiger partial charge is 0.0674 e. The first kappa shape index (κ1) is 16.3. The minimum absolute atomic E-state index is 0.406. The van der Waals surface area contributed by atoms with Gasteiger partial charge < -0.3 is 10.1 Å². The largest absolute Gasteiger partial charge is 0.376 e. The zero-order valence-electron chi connectivity index (χ0n) is 13.7. The lowest BCUT2D eigenvalue weighted by atomic mass is 9.83. The monoisotopic (exact) mass is 282 g/mol. The molecule has 1 N–H and O–H groups in total. The maximum absolute atomic E-state index is 5.84. The quantitative estimate of drug-likeness (QED) is 0.810. The summed E-state index contributed by atoms with van der Waals surface area (Å²) in [5.74, 6) is 0.842. The Morgan fingerprint density at radius 1 is 1.20 bits per heavy atom. The van der Waals surface area contributed by atoms with Crippen molar-refractivity contribution >= 4 is 0 Å². The lowest BCUT2D eigenvalue weighted by Gasteiger charge is -2.43. The molecule has 1 saturated heterocycles. The molecule has 2 aliphatic rings. The summed E-state index contributed by atoms with van der Waals surface area (Å²) in [5, 5.41) is 3.80. The summed E-state index contributed by atoms with van der Waals surface area (Å²) in [6.07, 6.45) is 8.48. The van der Waals surface area contributed by atoms with Crippen molar-refractivity contribution in [2.24, 2.45) is 5.92 Å². The molecule has 118 valence electrons. The van der Waals surface area contributed by atoms with E-state index in [2.05, 4.69) is 31.0 Å². The van der Waals surface area contributed by atoms with E-state index in [-0.39, 0.29) is 0 Å². The maximum atomic E-state index is 5.84. The lowest BCUT2D eigenvalue weighted by Crippen LogP contribution is -2.53. The summed E-state index contributed by atoms with van der Waals surface area (Å²) in [7, 11) is 0. The topological polar surface area (TPSA) is 24.5 Å². The molecule has 20 heavy (non-hydrogen) atoms. The Morgan fingerprint density at radius 3 is 2.75 bits per heavy atom. The van der Waals surface area contributed by atoms with E-state index in [9.17, 15) is 0 Å². The molecule has 0 aromatic heterocycles. The van der Waals surface area contributed by atoms with Gasteiger partial charge in [-0.2, -0.15) is 0 Å². The highest BCUT2D eigenvalue weighted by molar-refractivity contribution is 4.86. The standard InChI is InChI=1S/C17H34N2O/c1-4-10-18-17-9-7-6-8-15(17)12-19-11-14(3)20-13-16(19)5-2/h14-18H,4-13H2,1-3H3. The van der Waals surface area contributed by atoms with Gasteiger partial charge in [-0.25, -0.2) is 0 Å². The molecule has 1 saturated carbocycles. The van der Waals surface area contributed by atoms with Crippen molar-refractivity contribution in [1.82, 2.24) is 10.2 Å². The highest BCUT2D eigenvalue weighted by Gasteiger charge is 2.31. The van der Waals surface area contributed by atoms with Crippen LogP contribution in [0.4, 0.5) is 0 Å². The van der Waals surface area contributed by atoms with Gasteiger partial charge in [-0.3, -0.25) is 4.90 Å². The van der Waals surface area contributed by atoms with E-state index in [0.717, 1.165) is 25.1 Å². The third kappa shape index (κ3) is 4.44. The number of ether oxygens (including phenoxy) is 1. The normalized spacial score (nSPS) is 36.1. The summed E-state index contributed by atoms with van der Waals surface area (Å²) in [4.78, 5) is 2.71. The molecule has 1 aliphatic carbocycles. The SMILES string of the molecule is CCCNC1CCCCC1CN1CC(C)OCC1CC. The predicted molar refractivity (Wildman–Crippen MR) is 85.1 cm³/mol. The average Bonchev–Trinajstić information content (AvgIpc) is 2.47. The molecule has 4 unspecified atom stereocenters. The molecular formula is C17H34N2O. The molecule has 2 rings (SSSR count). The van der Waals surface area contributed by atoms with Crippen LogP contribution in [0.15, 0.2) is 0 Å². The Bertz CT molecular complexity index is 272. The van der Waals surface area contributed by atoms with Crippen LogP contribution in [-0.2, 0) is 4.74 Å². The van der Waals surface area contributed by atoms with Gasteiger partial charge in [0.15, 0.2) is 0 Å². The summed E-state index contributed by atoms with van der Waals surface area (Å²) in [6, 6.07) is 1.39. The number of morpholine rings is 1. The number of nitrogens with zero attached hydrogens (tertiary/aromatic N) is 1. The van der Waals surface area contributed by atoms with E-state index in [1.165, 1.54) is 51.6 Å². The Kier molecular flexibility index (Phi) is 6.79. The van der Waals surface area contributed by atoms with Crippen LogP contribution in [-0.4, -0.2) is 49.3 Å². The Hall–Kier alpha value is -0.120. The first-order chi connectivity index (χ1) is 9.74. The summed E-state index contributed by atoms with van der Waals surface area (Å²) in [5.41, 5.74) is 0. The van der Waals surface area contributed by atoms with Crippen molar-refractivity contribution in [3.05, 3.63) is 0 Å². The molecule has 0 spiro atoms. The highest BCUT2D eigenvalue weighted by Crippen LogP contribution is 2.27. The van der Waals surface area contributed by atoms with Crippen LogP contribution >= 0.6 is 0 Å². The molecule has 4 atom stereocenters. The zero-order chi connectivity index (χ0) is 14.4. The van der Waals surface area contributed by atoms with E-state index in [0.29, 0.717) is 12.1 Å². The van der Waals surface area contributed by atoms with Crippen LogP contribution in [0, 0.1) is 5.92 Å². The van der Waals surface area contributed by atoms with Gasteiger partial charge in [-0.05, 0) is 45.1 Å².